The quantitative estimate of drug-likeness (QED) is 0.866. The lowest BCUT2D eigenvalue weighted by Crippen LogP contribution is -2.38. The molecule has 0 radical (unpaired) electrons. The van der Waals surface area contributed by atoms with Gasteiger partial charge in [-0.05, 0) is 36.4 Å². The minimum Gasteiger partial charge on any atom is -0.331 e. The highest BCUT2D eigenvalue weighted by Crippen LogP contribution is 2.33. The van der Waals surface area contributed by atoms with Crippen molar-refractivity contribution in [3.8, 4) is 0 Å². The van der Waals surface area contributed by atoms with Gasteiger partial charge in [0.05, 0.1) is 11.6 Å². The second-order valence-corrected chi connectivity index (χ2v) is 5.67. The Morgan fingerprint density at radius 2 is 2.26 bits per heavy atom. The molecule has 1 atom stereocenters. The normalized spacial score (nSPS) is 18.2. The molecule has 0 saturated heterocycles. The summed E-state index contributed by atoms with van der Waals surface area (Å²) in [7, 11) is 0. The molecule has 4 nitrogen and oxygen atoms in total. The van der Waals surface area contributed by atoms with E-state index in [9.17, 15) is 9.59 Å². The van der Waals surface area contributed by atoms with Gasteiger partial charge in [-0.2, -0.15) is 0 Å². The average Bonchev–Trinajstić information content (AvgIpc) is 2.88. The summed E-state index contributed by atoms with van der Waals surface area (Å²) in [6.07, 6.45) is 2.40. The largest absolute Gasteiger partial charge is 0.331 e. The van der Waals surface area contributed by atoms with Gasteiger partial charge in [0.15, 0.2) is 0 Å². The van der Waals surface area contributed by atoms with Crippen molar-refractivity contribution in [2.45, 2.75) is 19.4 Å². The molecule has 19 heavy (non-hydrogen) atoms. The number of aromatic nitrogens is 1. The van der Waals surface area contributed by atoms with Gasteiger partial charge >= 0.3 is 0 Å². The van der Waals surface area contributed by atoms with Crippen LogP contribution < -0.4 is 5.56 Å². The Labute approximate surface area is 114 Å². The molecule has 0 spiro atoms. The van der Waals surface area contributed by atoms with Crippen LogP contribution in [-0.4, -0.2) is 22.3 Å². The number of thiophene rings is 1. The van der Waals surface area contributed by atoms with E-state index < -0.39 is 0 Å². The Kier molecular flexibility index (Phi) is 2.98. The summed E-state index contributed by atoms with van der Waals surface area (Å²) in [4.78, 5) is 29.3. The number of nitrogens with zero attached hydrogens (tertiary/aromatic N) is 1. The van der Waals surface area contributed by atoms with Crippen molar-refractivity contribution in [2.75, 3.05) is 6.54 Å². The van der Waals surface area contributed by atoms with Crippen molar-refractivity contribution in [3.63, 3.8) is 0 Å². The Balaban J connectivity index is 1.89. The summed E-state index contributed by atoms with van der Waals surface area (Å²) in [6, 6.07) is 5.15. The van der Waals surface area contributed by atoms with Gasteiger partial charge in [0, 0.05) is 23.7 Å². The van der Waals surface area contributed by atoms with Gasteiger partial charge in [0.1, 0.15) is 0 Å². The van der Waals surface area contributed by atoms with E-state index in [-0.39, 0.29) is 17.5 Å². The first-order valence-corrected chi connectivity index (χ1v) is 7.11. The molecule has 1 amide bonds. The molecule has 0 unspecified atom stereocenters. The molecule has 0 saturated carbocycles. The Hall–Kier alpha value is -1.88. The van der Waals surface area contributed by atoms with Crippen molar-refractivity contribution < 1.29 is 4.79 Å². The van der Waals surface area contributed by atoms with Crippen LogP contribution in [0.1, 0.15) is 33.8 Å². The summed E-state index contributed by atoms with van der Waals surface area (Å²) in [5, 5.41) is 2.08. The second-order valence-electron chi connectivity index (χ2n) is 4.67. The number of hydrogen-bond donors (Lipinski definition) is 1. The Morgan fingerprint density at radius 3 is 3.00 bits per heavy atom. The molecule has 1 N–H and O–H groups in total. The molecule has 2 aromatic rings. The van der Waals surface area contributed by atoms with Crippen LogP contribution in [-0.2, 0) is 6.42 Å². The van der Waals surface area contributed by atoms with Crippen LogP contribution in [0.5, 0.6) is 0 Å². The van der Waals surface area contributed by atoms with Crippen molar-refractivity contribution in [3.05, 3.63) is 56.1 Å². The first-order chi connectivity index (χ1) is 9.16. The van der Waals surface area contributed by atoms with Crippen molar-refractivity contribution >= 4 is 17.2 Å². The molecule has 1 aliphatic rings. The molecular formula is C14H14N2O2S. The number of carbonyl (C=O) groups is 1. The maximum Gasteiger partial charge on any atom is 0.255 e. The van der Waals surface area contributed by atoms with Crippen molar-refractivity contribution in [1.29, 1.82) is 0 Å². The predicted octanol–water partition coefficient (Wildman–Crippen LogP) is 2.20. The average molecular weight is 274 g/mol. The van der Waals surface area contributed by atoms with E-state index in [1.165, 1.54) is 22.7 Å². The number of H-pyrrole nitrogens is 1. The standard InChI is InChI=1S/C14H14N2O2S/c1-9-11-5-7-19-12(11)4-6-16(9)14(18)10-2-3-13(17)15-8-10/h2-3,5,7-9H,4,6H2,1H3,(H,15,17)/t9-/m1/s1. The van der Waals surface area contributed by atoms with E-state index in [0.29, 0.717) is 5.56 Å². The zero-order chi connectivity index (χ0) is 13.4. The fourth-order valence-corrected chi connectivity index (χ4v) is 3.46. The molecular weight excluding hydrogens is 260 g/mol. The lowest BCUT2D eigenvalue weighted by molar-refractivity contribution is 0.0679. The smallest absolute Gasteiger partial charge is 0.255 e. The highest BCUT2D eigenvalue weighted by molar-refractivity contribution is 7.10. The molecule has 1 aliphatic heterocycles. The zero-order valence-corrected chi connectivity index (χ0v) is 11.4. The first kappa shape index (κ1) is 12.2. The van der Waals surface area contributed by atoms with Crippen molar-refractivity contribution in [2.24, 2.45) is 0 Å². The fraction of sp³-hybridized carbons (Fsp3) is 0.286. The van der Waals surface area contributed by atoms with Crippen LogP contribution in [0.2, 0.25) is 0 Å². The number of nitrogens with one attached hydrogen (secondary N) is 1. The van der Waals surface area contributed by atoms with E-state index in [1.54, 1.807) is 17.4 Å². The highest BCUT2D eigenvalue weighted by Gasteiger charge is 2.28. The molecule has 5 heteroatoms. The molecule has 3 rings (SSSR count). The van der Waals surface area contributed by atoms with Gasteiger partial charge in [-0.15, -0.1) is 11.3 Å². The summed E-state index contributed by atoms with van der Waals surface area (Å²) in [5.74, 6) is -0.0272. The van der Waals surface area contributed by atoms with Crippen LogP contribution in [0.4, 0.5) is 0 Å². The molecule has 0 bridgehead atoms. The summed E-state index contributed by atoms with van der Waals surface area (Å²) in [5.41, 5.74) is 1.59. The van der Waals surface area contributed by atoms with Crippen LogP contribution >= 0.6 is 11.3 Å². The van der Waals surface area contributed by atoms with Crippen LogP contribution in [0.25, 0.3) is 0 Å². The molecule has 0 fully saturated rings. The third-order valence-corrected chi connectivity index (χ3v) is 4.57. The molecule has 3 heterocycles. The van der Waals surface area contributed by atoms with Gasteiger partial charge < -0.3 is 9.88 Å². The number of aromatic amines is 1. The molecule has 0 aliphatic carbocycles. The number of rotatable bonds is 1. The highest BCUT2D eigenvalue weighted by atomic mass is 32.1. The Morgan fingerprint density at radius 1 is 1.42 bits per heavy atom. The summed E-state index contributed by atoms with van der Waals surface area (Å²) in [6.45, 7) is 2.78. The number of amides is 1. The summed E-state index contributed by atoms with van der Waals surface area (Å²) >= 11 is 1.76. The van der Waals surface area contributed by atoms with Gasteiger partial charge in [-0.3, -0.25) is 9.59 Å². The SMILES string of the molecule is C[C@@H]1c2ccsc2CCN1C(=O)c1ccc(=O)[nH]c1. The maximum absolute atomic E-state index is 12.5. The summed E-state index contributed by atoms with van der Waals surface area (Å²) < 4.78 is 0. The van der Waals surface area contributed by atoms with Gasteiger partial charge in [0.2, 0.25) is 5.56 Å². The van der Waals surface area contributed by atoms with Crippen LogP contribution in [0.3, 0.4) is 0 Å². The minimum absolute atomic E-state index is 0.0272. The van der Waals surface area contributed by atoms with Crippen molar-refractivity contribution in [1.82, 2.24) is 9.88 Å². The number of carbonyl (C=O) groups excluding carboxylic acids is 1. The lowest BCUT2D eigenvalue weighted by atomic mass is 10.0. The monoisotopic (exact) mass is 274 g/mol. The van der Waals surface area contributed by atoms with E-state index in [2.05, 4.69) is 16.4 Å². The minimum atomic E-state index is -0.191. The van der Waals surface area contributed by atoms with Gasteiger partial charge in [0.25, 0.3) is 5.91 Å². The van der Waals surface area contributed by atoms with Gasteiger partial charge in [-0.25, -0.2) is 0 Å². The molecule has 0 aromatic carbocycles. The number of fused-ring (bicyclic) bond motifs is 1. The van der Waals surface area contributed by atoms with Crippen LogP contribution in [0, 0.1) is 0 Å². The molecule has 2 aromatic heterocycles. The second kappa shape index (κ2) is 4.66. The maximum atomic E-state index is 12.5. The number of pyridine rings is 1. The fourth-order valence-electron chi connectivity index (χ4n) is 2.50. The van der Waals surface area contributed by atoms with E-state index in [4.69, 9.17) is 0 Å². The van der Waals surface area contributed by atoms with Crippen LogP contribution in [0.15, 0.2) is 34.6 Å². The molecule has 98 valence electrons. The zero-order valence-electron chi connectivity index (χ0n) is 10.6. The van der Waals surface area contributed by atoms with E-state index in [1.807, 2.05) is 11.8 Å². The lowest BCUT2D eigenvalue weighted by Gasteiger charge is -2.33. The van der Waals surface area contributed by atoms with E-state index >= 15 is 0 Å². The van der Waals surface area contributed by atoms with Gasteiger partial charge in [-0.1, -0.05) is 0 Å². The third-order valence-electron chi connectivity index (χ3n) is 3.57. The Bertz CT molecular complexity index is 654. The number of hydrogen-bond acceptors (Lipinski definition) is 3. The third kappa shape index (κ3) is 2.10. The van der Waals surface area contributed by atoms with E-state index in [0.717, 1.165) is 13.0 Å². The topological polar surface area (TPSA) is 53.2 Å². The first-order valence-electron chi connectivity index (χ1n) is 6.23. The predicted molar refractivity (Wildman–Crippen MR) is 74.5 cm³/mol.